The van der Waals surface area contributed by atoms with E-state index in [0.29, 0.717) is 0 Å². The largest absolute Gasteiger partial charge is 0.493 e. The zero-order valence-electron chi connectivity index (χ0n) is 13.3. The van der Waals surface area contributed by atoms with E-state index in [-0.39, 0.29) is 0 Å². The first-order valence-electron chi connectivity index (χ1n) is 8.37. The van der Waals surface area contributed by atoms with Gasteiger partial charge in [0.15, 0.2) is 0 Å². The van der Waals surface area contributed by atoms with E-state index >= 15 is 0 Å². The molecule has 0 spiro atoms. The highest BCUT2D eigenvalue weighted by Crippen LogP contribution is 2.32. The van der Waals surface area contributed by atoms with Crippen molar-refractivity contribution in [2.24, 2.45) is 5.92 Å². The lowest BCUT2D eigenvalue weighted by molar-refractivity contribution is 0.248. The summed E-state index contributed by atoms with van der Waals surface area (Å²) >= 11 is 0. The average molecular weight is 282 g/mol. The molecule has 0 bridgehead atoms. The summed E-state index contributed by atoms with van der Waals surface area (Å²) in [5.74, 6) is 1.95. The molecule has 0 amide bonds. The first-order chi connectivity index (χ1) is 10.3. The van der Waals surface area contributed by atoms with Crippen LogP contribution in [0.1, 0.15) is 49.7 Å². The molecule has 0 heterocycles. The Morgan fingerprint density at radius 3 is 2.48 bits per heavy atom. The first kappa shape index (κ1) is 14.4. The fraction of sp³-hybridized carbons (Fsp3) is 0.500. The van der Waals surface area contributed by atoms with E-state index in [1.807, 2.05) is 0 Å². The average Bonchev–Trinajstić information content (AvgIpc) is 2.53. The lowest BCUT2D eigenvalue weighted by atomic mass is 9.87. The van der Waals surface area contributed by atoms with Gasteiger partial charge in [0, 0.05) is 5.39 Å². The molecule has 0 atom stereocenters. The molecule has 2 aromatic carbocycles. The second kappa shape index (κ2) is 6.51. The number of fused-ring (bicyclic) bond motifs is 1. The van der Waals surface area contributed by atoms with Gasteiger partial charge in [-0.15, -0.1) is 0 Å². The highest BCUT2D eigenvalue weighted by Gasteiger charge is 2.14. The normalized spacial score (nSPS) is 16.3. The van der Waals surface area contributed by atoms with Gasteiger partial charge < -0.3 is 4.74 Å². The molecule has 0 radical (unpaired) electrons. The minimum atomic E-state index is 0.858. The van der Waals surface area contributed by atoms with Crippen molar-refractivity contribution in [1.29, 1.82) is 0 Å². The van der Waals surface area contributed by atoms with Gasteiger partial charge in [0.1, 0.15) is 5.75 Å². The maximum absolute atomic E-state index is 6.16. The summed E-state index contributed by atoms with van der Waals surface area (Å²) in [6.07, 6.45) is 8.27. The zero-order valence-corrected chi connectivity index (χ0v) is 13.3. The van der Waals surface area contributed by atoms with Crippen LogP contribution in [0.3, 0.4) is 0 Å². The fourth-order valence-electron chi connectivity index (χ4n) is 3.55. The Balaban J connectivity index is 1.73. The van der Waals surface area contributed by atoms with Crippen molar-refractivity contribution in [3.63, 3.8) is 0 Å². The maximum atomic E-state index is 6.16. The molecule has 3 rings (SSSR count). The third kappa shape index (κ3) is 3.23. The molecule has 0 aromatic heterocycles. The van der Waals surface area contributed by atoms with Crippen LogP contribution in [0.15, 0.2) is 30.3 Å². The lowest BCUT2D eigenvalue weighted by Gasteiger charge is -2.21. The summed E-state index contributed by atoms with van der Waals surface area (Å²) in [5.41, 5.74) is 2.69. The summed E-state index contributed by atoms with van der Waals surface area (Å²) in [5, 5.41) is 2.58. The molecule has 0 aliphatic heterocycles. The van der Waals surface area contributed by atoms with Crippen LogP contribution in [0.25, 0.3) is 10.8 Å². The Morgan fingerprint density at radius 1 is 1.00 bits per heavy atom. The van der Waals surface area contributed by atoms with Crippen molar-refractivity contribution < 1.29 is 4.74 Å². The van der Waals surface area contributed by atoms with Crippen molar-refractivity contribution in [2.75, 3.05) is 6.61 Å². The Kier molecular flexibility index (Phi) is 4.48. The predicted octanol–water partition coefficient (Wildman–Crippen LogP) is 5.81. The molecule has 21 heavy (non-hydrogen) atoms. The molecule has 1 aliphatic carbocycles. The van der Waals surface area contributed by atoms with Crippen LogP contribution in [0, 0.1) is 19.8 Å². The van der Waals surface area contributed by atoms with Gasteiger partial charge in [-0.3, -0.25) is 0 Å². The molecular formula is C20H26O. The van der Waals surface area contributed by atoms with Crippen LogP contribution in [0.2, 0.25) is 0 Å². The fourth-order valence-corrected chi connectivity index (χ4v) is 3.55. The van der Waals surface area contributed by atoms with Gasteiger partial charge in [-0.25, -0.2) is 0 Å². The molecule has 1 saturated carbocycles. The van der Waals surface area contributed by atoms with Crippen molar-refractivity contribution in [3.8, 4) is 5.75 Å². The molecule has 1 nitrogen and oxygen atoms in total. The number of hydrogen-bond acceptors (Lipinski definition) is 1. The van der Waals surface area contributed by atoms with E-state index in [1.54, 1.807) is 0 Å². The predicted molar refractivity (Wildman–Crippen MR) is 90.1 cm³/mol. The third-order valence-corrected chi connectivity index (χ3v) is 5.04. The summed E-state index contributed by atoms with van der Waals surface area (Å²) in [6.45, 7) is 5.23. The van der Waals surface area contributed by atoms with E-state index in [4.69, 9.17) is 4.74 Å². The van der Waals surface area contributed by atoms with Crippen LogP contribution in [0.5, 0.6) is 5.75 Å². The van der Waals surface area contributed by atoms with E-state index in [0.717, 1.165) is 18.3 Å². The van der Waals surface area contributed by atoms with Crippen molar-refractivity contribution in [3.05, 3.63) is 41.5 Å². The van der Waals surface area contributed by atoms with Crippen LogP contribution >= 0.6 is 0 Å². The number of benzene rings is 2. The van der Waals surface area contributed by atoms with Gasteiger partial charge in [-0.05, 0) is 48.8 Å². The Morgan fingerprint density at radius 2 is 1.71 bits per heavy atom. The second-order valence-electron chi connectivity index (χ2n) is 6.50. The molecule has 112 valence electrons. The van der Waals surface area contributed by atoms with E-state index < -0.39 is 0 Å². The Hall–Kier alpha value is -1.50. The SMILES string of the molecule is Cc1cc(OCCC2CCCCC2)c2ccccc2c1C. The number of ether oxygens (including phenoxy) is 1. The molecule has 1 heteroatoms. The molecule has 2 aromatic rings. The standard InChI is InChI=1S/C20H26O/c1-15-14-20(19-11-7-6-10-18(19)16(15)2)21-13-12-17-8-4-3-5-9-17/h6-7,10-11,14,17H,3-5,8-9,12-13H2,1-2H3. The molecular weight excluding hydrogens is 256 g/mol. The number of rotatable bonds is 4. The summed E-state index contributed by atoms with van der Waals surface area (Å²) in [4.78, 5) is 0. The van der Waals surface area contributed by atoms with Crippen LogP contribution in [-0.2, 0) is 0 Å². The molecule has 0 saturated heterocycles. The highest BCUT2D eigenvalue weighted by molar-refractivity contribution is 5.91. The molecule has 0 N–H and O–H groups in total. The van der Waals surface area contributed by atoms with Gasteiger partial charge in [-0.1, -0.05) is 56.4 Å². The Bertz CT molecular complexity index is 609. The first-order valence-corrected chi connectivity index (χ1v) is 8.37. The quantitative estimate of drug-likeness (QED) is 0.688. The van der Waals surface area contributed by atoms with Crippen LogP contribution in [-0.4, -0.2) is 6.61 Å². The van der Waals surface area contributed by atoms with Gasteiger partial charge in [0.2, 0.25) is 0 Å². The minimum Gasteiger partial charge on any atom is -0.493 e. The van der Waals surface area contributed by atoms with Gasteiger partial charge >= 0.3 is 0 Å². The van der Waals surface area contributed by atoms with Crippen LogP contribution in [0.4, 0.5) is 0 Å². The van der Waals surface area contributed by atoms with E-state index in [9.17, 15) is 0 Å². The van der Waals surface area contributed by atoms with Gasteiger partial charge in [-0.2, -0.15) is 0 Å². The van der Waals surface area contributed by atoms with Crippen molar-refractivity contribution >= 4 is 10.8 Å². The topological polar surface area (TPSA) is 9.23 Å². The summed E-state index contributed by atoms with van der Waals surface area (Å²) in [7, 11) is 0. The molecule has 1 fully saturated rings. The third-order valence-electron chi connectivity index (χ3n) is 5.04. The molecule has 1 aliphatic rings. The van der Waals surface area contributed by atoms with Crippen molar-refractivity contribution in [2.45, 2.75) is 52.4 Å². The van der Waals surface area contributed by atoms with E-state index in [2.05, 4.69) is 44.2 Å². The number of aryl methyl sites for hydroxylation is 2. The van der Waals surface area contributed by atoms with E-state index in [1.165, 1.54) is 60.4 Å². The Labute approximate surface area is 128 Å². The summed E-state index contributed by atoms with van der Waals surface area (Å²) < 4.78 is 6.16. The maximum Gasteiger partial charge on any atom is 0.127 e. The summed E-state index contributed by atoms with van der Waals surface area (Å²) in [6, 6.07) is 10.8. The smallest absolute Gasteiger partial charge is 0.127 e. The lowest BCUT2D eigenvalue weighted by Crippen LogP contribution is -2.11. The minimum absolute atomic E-state index is 0.858. The van der Waals surface area contributed by atoms with Gasteiger partial charge in [0.05, 0.1) is 6.61 Å². The van der Waals surface area contributed by atoms with Crippen molar-refractivity contribution in [1.82, 2.24) is 0 Å². The number of hydrogen-bond donors (Lipinski definition) is 0. The highest BCUT2D eigenvalue weighted by atomic mass is 16.5. The zero-order chi connectivity index (χ0) is 14.7. The van der Waals surface area contributed by atoms with Gasteiger partial charge in [0.25, 0.3) is 0 Å². The monoisotopic (exact) mass is 282 g/mol. The second-order valence-corrected chi connectivity index (χ2v) is 6.50. The molecule has 0 unspecified atom stereocenters. The van der Waals surface area contributed by atoms with Crippen LogP contribution < -0.4 is 4.74 Å².